The smallest absolute Gasteiger partial charge is 0.318 e. The maximum atomic E-state index is 12.4. The van der Waals surface area contributed by atoms with Crippen LogP contribution in [0, 0.1) is 13.8 Å². The average Bonchev–Trinajstić information content (AvgIpc) is 2.64. The Morgan fingerprint density at radius 2 is 2.11 bits per heavy atom. The number of hydrogen-bond acceptors (Lipinski definition) is 5. The van der Waals surface area contributed by atoms with Crippen LogP contribution in [0.2, 0.25) is 0 Å². The van der Waals surface area contributed by atoms with Gasteiger partial charge in [0.15, 0.2) is 0 Å². The molecule has 4 N–H and O–H groups in total. The van der Waals surface area contributed by atoms with Crippen molar-refractivity contribution in [2.24, 2.45) is 0 Å². The molecule has 1 aliphatic heterocycles. The van der Waals surface area contributed by atoms with Crippen LogP contribution in [0.15, 0.2) is 12.3 Å². The summed E-state index contributed by atoms with van der Waals surface area (Å²) in [6.45, 7) is 4.69. The Labute approximate surface area is 157 Å². The van der Waals surface area contributed by atoms with Gasteiger partial charge in [0.1, 0.15) is 6.04 Å². The number of carbonyl (C=O) groups excluding carboxylic acids is 3. The number of nitrogens with one attached hydrogen (secondary N) is 3. The highest BCUT2D eigenvalue weighted by atomic mass is 16.3. The normalized spacial score (nSPS) is 15.7. The van der Waals surface area contributed by atoms with Crippen molar-refractivity contribution >= 4 is 24.3 Å². The summed E-state index contributed by atoms with van der Waals surface area (Å²) < 4.78 is 0. The molecule has 1 unspecified atom stereocenters. The lowest BCUT2D eigenvalue weighted by atomic mass is 10.1. The largest absolute Gasteiger partial charge is 0.483 e. The van der Waals surface area contributed by atoms with E-state index in [1.165, 1.54) is 11.9 Å². The van der Waals surface area contributed by atoms with Gasteiger partial charge in [0.25, 0.3) is 6.47 Å². The third kappa shape index (κ3) is 6.57. The van der Waals surface area contributed by atoms with Crippen LogP contribution in [0.3, 0.4) is 0 Å². The number of hydrogen-bond donors (Lipinski definition) is 4. The summed E-state index contributed by atoms with van der Waals surface area (Å²) in [6, 6.07) is 0.807. The number of rotatable bonds is 4. The highest BCUT2D eigenvalue weighted by Gasteiger charge is 2.34. The fraction of sp³-hybridized carbons (Fsp3) is 0.471. The molecule has 1 aromatic rings. The van der Waals surface area contributed by atoms with Crippen LogP contribution in [0.5, 0.6) is 0 Å². The molecule has 2 heterocycles. The predicted molar refractivity (Wildman–Crippen MR) is 96.8 cm³/mol. The summed E-state index contributed by atoms with van der Waals surface area (Å²) in [7, 11) is 1.50. The third-order valence-electron chi connectivity index (χ3n) is 4.09. The van der Waals surface area contributed by atoms with Crippen molar-refractivity contribution < 1.29 is 24.3 Å². The third-order valence-corrected chi connectivity index (χ3v) is 4.09. The Hall–Kier alpha value is -3.17. The molecule has 148 valence electrons. The molecule has 27 heavy (non-hydrogen) atoms. The lowest BCUT2D eigenvalue weighted by Crippen LogP contribution is -2.60. The van der Waals surface area contributed by atoms with Crippen LogP contribution in [-0.4, -0.2) is 65.5 Å². The van der Waals surface area contributed by atoms with E-state index in [1.54, 1.807) is 6.20 Å². The second-order valence-electron chi connectivity index (χ2n) is 5.89. The van der Waals surface area contributed by atoms with E-state index in [0.717, 1.165) is 16.8 Å². The molecule has 4 amide bonds. The molecule has 10 heteroatoms. The van der Waals surface area contributed by atoms with E-state index in [9.17, 15) is 14.4 Å². The second-order valence-corrected chi connectivity index (χ2v) is 5.89. The van der Waals surface area contributed by atoms with Crippen LogP contribution in [0.25, 0.3) is 0 Å². The minimum absolute atomic E-state index is 0.0546. The summed E-state index contributed by atoms with van der Waals surface area (Å²) in [5.41, 5.74) is 2.88. The first-order valence-corrected chi connectivity index (χ1v) is 8.36. The summed E-state index contributed by atoms with van der Waals surface area (Å²) >= 11 is 0. The zero-order valence-electron chi connectivity index (χ0n) is 15.6. The van der Waals surface area contributed by atoms with E-state index in [-0.39, 0.29) is 30.7 Å². The minimum Gasteiger partial charge on any atom is -0.483 e. The molecule has 0 bridgehead atoms. The van der Waals surface area contributed by atoms with Gasteiger partial charge in [-0.25, -0.2) is 4.79 Å². The summed E-state index contributed by atoms with van der Waals surface area (Å²) in [6.07, 6.45) is 1.66. The molecule has 1 saturated heterocycles. The van der Waals surface area contributed by atoms with Gasteiger partial charge < -0.3 is 26.0 Å². The van der Waals surface area contributed by atoms with Crippen molar-refractivity contribution in [2.75, 3.05) is 20.1 Å². The van der Waals surface area contributed by atoms with Gasteiger partial charge in [-0.2, -0.15) is 0 Å². The van der Waals surface area contributed by atoms with Gasteiger partial charge in [0.2, 0.25) is 11.8 Å². The van der Waals surface area contributed by atoms with Gasteiger partial charge in [0.05, 0.1) is 6.42 Å². The van der Waals surface area contributed by atoms with Crippen LogP contribution < -0.4 is 16.0 Å². The summed E-state index contributed by atoms with van der Waals surface area (Å²) in [5.74, 6) is -0.596. The first kappa shape index (κ1) is 21.9. The van der Waals surface area contributed by atoms with E-state index in [0.29, 0.717) is 19.6 Å². The molecule has 1 aromatic heterocycles. The number of nitrogens with zero attached hydrogens (tertiary/aromatic N) is 2. The number of aromatic nitrogens is 1. The fourth-order valence-electron chi connectivity index (χ4n) is 2.52. The van der Waals surface area contributed by atoms with Crippen LogP contribution in [-0.2, 0) is 20.9 Å². The number of pyridine rings is 1. The Kier molecular flexibility index (Phi) is 8.70. The Balaban J connectivity index is 0.00000114. The lowest BCUT2D eigenvalue weighted by Gasteiger charge is -2.34. The highest BCUT2D eigenvalue weighted by Crippen LogP contribution is 2.10. The van der Waals surface area contributed by atoms with Crippen LogP contribution >= 0.6 is 0 Å². The van der Waals surface area contributed by atoms with Crippen molar-refractivity contribution in [2.45, 2.75) is 32.9 Å². The van der Waals surface area contributed by atoms with Crippen LogP contribution in [0.1, 0.15) is 23.2 Å². The van der Waals surface area contributed by atoms with Gasteiger partial charge in [-0.3, -0.25) is 19.4 Å². The minimum atomic E-state index is -0.795. The Bertz CT molecular complexity index is 694. The monoisotopic (exact) mass is 379 g/mol. The number of aryl methyl sites for hydroxylation is 2. The SMILES string of the molecule is CNC(=O)CC1C(=O)NCCN1C(=O)NCc1cnc(C)c(C)c1.O=CO. The molecule has 0 spiro atoms. The molecule has 1 atom stereocenters. The second kappa shape index (κ2) is 10.7. The van der Waals surface area contributed by atoms with E-state index in [2.05, 4.69) is 20.9 Å². The quantitative estimate of drug-likeness (QED) is 0.522. The molecule has 10 nitrogen and oxygen atoms in total. The average molecular weight is 379 g/mol. The van der Waals surface area contributed by atoms with Gasteiger partial charge in [-0.05, 0) is 25.0 Å². The Morgan fingerprint density at radius 1 is 1.44 bits per heavy atom. The molecule has 2 rings (SSSR count). The van der Waals surface area contributed by atoms with E-state index < -0.39 is 6.04 Å². The fourth-order valence-corrected chi connectivity index (χ4v) is 2.52. The first-order valence-electron chi connectivity index (χ1n) is 8.36. The van der Waals surface area contributed by atoms with Gasteiger partial charge >= 0.3 is 6.03 Å². The van der Waals surface area contributed by atoms with Crippen LogP contribution in [0.4, 0.5) is 4.79 Å². The molecule has 1 fully saturated rings. The number of carboxylic acid groups (broad SMARTS) is 1. The van der Waals surface area contributed by atoms with E-state index in [4.69, 9.17) is 9.90 Å². The zero-order valence-corrected chi connectivity index (χ0v) is 15.6. The zero-order chi connectivity index (χ0) is 20.4. The number of amides is 4. The Morgan fingerprint density at radius 3 is 2.70 bits per heavy atom. The highest BCUT2D eigenvalue weighted by molar-refractivity contribution is 5.92. The maximum Gasteiger partial charge on any atom is 0.318 e. The lowest BCUT2D eigenvalue weighted by molar-refractivity contribution is -0.132. The number of urea groups is 1. The molecular formula is C17H25N5O5. The van der Waals surface area contributed by atoms with E-state index >= 15 is 0 Å². The van der Waals surface area contributed by atoms with Gasteiger partial charge in [-0.15, -0.1) is 0 Å². The molecule has 0 saturated carbocycles. The van der Waals surface area contributed by atoms with Crippen molar-refractivity contribution in [1.29, 1.82) is 0 Å². The topological polar surface area (TPSA) is 141 Å². The summed E-state index contributed by atoms with van der Waals surface area (Å²) in [5, 5.41) is 14.8. The van der Waals surface area contributed by atoms with Crippen molar-refractivity contribution in [3.63, 3.8) is 0 Å². The predicted octanol–water partition coefficient (Wildman–Crippen LogP) is -0.455. The van der Waals surface area contributed by atoms with Crippen molar-refractivity contribution in [3.8, 4) is 0 Å². The molecule has 0 aromatic carbocycles. The molecular weight excluding hydrogens is 354 g/mol. The van der Waals surface area contributed by atoms with Crippen molar-refractivity contribution in [1.82, 2.24) is 25.8 Å². The molecule has 1 aliphatic rings. The molecule has 0 radical (unpaired) electrons. The number of piperazine rings is 1. The van der Waals surface area contributed by atoms with Gasteiger partial charge in [0, 0.05) is 38.6 Å². The maximum absolute atomic E-state index is 12.4. The number of carbonyl (C=O) groups is 4. The van der Waals surface area contributed by atoms with Crippen molar-refractivity contribution in [3.05, 3.63) is 29.1 Å². The van der Waals surface area contributed by atoms with E-state index in [1.807, 2.05) is 19.9 Å². The first-order chi connectivity index (χ1) is 12.8. The standard InChI is InChI=1S/C16H23N5O3.CH2O2/c1-10-6-12(8-19-11(10)2)9-20-16(24)21-5-4-18-15(23)13(21)7-14(22)17-3;2-1-3/h6,8,13H,4-5,7,9H2,1-3H3,(H,17,22)(H,18,23)(H,20,24);1H,(H,2,3). The summed E-state index contributed by atoms with van der Waals surface area (Å²) in [4.78, 5) is 50.0. The van der Waals surface area contributed by atoms with Gasteiger partial charge in [-0.1, -0.05) is 6.07 Å². The molecule has 0 aliphatic carbocycles.